The molecule has 0 unspecified atom stereocenters. The third-order valence-corrected chi connectivity index (χ3v) is 4.51. The van der Waals surface area contributed by atoms with Crippen molar-refractivity contribution in [1.29, 1.82) is 0 Å². The van der Waals surface area contributed by atoms with Crippen molar-refractivity contribution < 1.29 is 5.11 Å². The number of hydrogen-bond acceptors (Lipinski definition) is 4. The molecule has 2 N–H and O–H groups in total. The molecule has 1 saturated carbocycles. The SMILES string of the molecule is CC(C)Cn1ncnc1CNCC1(O)CCC(C)(C)CC1. The van der Waals surface area contributed by atoms with Crippen molar-refractivity contribution in [2.45, 2.75) is 72.1 Å². The molecule has 0 aliphatic heterocycles. The van der Waals surface area contributed by atoms with Crippen LogP contribution in [0.15, 0.2) is 6.33 Å². The summed E-state index contributed by atoms with van der Waals surface area (Å²) in [6.45, 7) is 11.1. The van der Waals surface area contributed by atoms with E-state index in [2.05, 4.69) is 43.1 Å². The molecule has 0 saturated heterocycles. The van der Waals surface area contributed by atoms with Crippen LogP contribution in [0.25, 0.3) is 0 Å². The molecule has 0 bridgehead atoms. The van der Waals surface area contributed by atoms with E-state index in [0.717, 1.165) is 38.1 Å². The van der Waals surface area contributed by atoms with Gasteiger partial charge in [-0.15, -0.1) is 0 Å². The number of nitrogens with zero attached hydrogens (tertiary/aromatic N) is 3. The Morgan fingerprint density at radius 2 is 1.95 bits per heavy atom. The van der Waals surface area contributed by atoms with Crippen LogP contribution in [0.5, 0.6) is 0 Å². The average molecular weight is 294 g/mol. The highest BCUT2D eigenvalue weighted by Crippen LogP contribution is 2.39. The topological polar surface area (TPSA) is 63.0 Å². The molecule has 0 radical (unpaired) electrons. The number of rotatable bonds is 6. The summed E-state index contributed by atoms with van der Waals surface area (Å²) in [5.74, 6) is 1.50. The summed E-state index contributed by atoms with van der Waals surface area (Å²) in [4.78, 5) is 4.31. The molecule has 21 heavy (non-hydrogen) atoms. The van der Waals surface area contributed by atoms with Crippen molar-refractivity contribution in [3.8, 4) is 0 Å². The molecule has 1 aromatic rings. The van der Waals surface area contributed by atoms with Crippen molar-refractivity contribution in [3.05, 3.63) is 12.2 Å². The summed E-state index contributed by atoms with van der Waals surface area (Å²) in [7, 11) is 0. The Balaban J connectivity index is 1.81. The maximum Gasteiger partial charge on any atom is 0.140 e. The van der Waals surface area contributed by atoms with Crippen LogP contribution in [0, 0.1) is 11.3 Å². The summed E-state index contributed by atoms with van der Waals surface area (Å²) >= 11 is 0. The first-order chi connectivity index (χ1) is 9.80. The van der Waals surface area contributed by atoms with E-state index in [4.69, 9.17) is 0 Å². The standard InChI is InChI=1S/C16H30N4O/c1-13(2)10-20-14(18-12-19-20)9-17-11-16(21)7-5-15(3,4)6-8-16/h12-13,17,21H,5-11H2,1-4H3. The zero-order chi connectivity index (χ0) is 15.5. The second-order valence-corrected chi connectivity index (χ2v) is 7.74. The zero-order valence-corrected chi connectivity index (χ0v) is 13.9. The lowest BCUT2D eigenvalue weighted by molar-refractivity contribution is -0.0246. The van der Waals surface area contributed by atoms with E-state index in [1.807, 2.05) is 4.68 Å². The van der Waals surface area contributed by atoms with Crippen LogP contribution >= 0.6 is 0 Å². The minimum absolute atomic E-state index is 0.379. The normalized spacial score (nSPS) is 20.9. The fraction of sp³-hybridized carbons (Fsp3) is 0.875. The van der Waals surface area contributed by atoms with Crippen LogP contribution < -0.4 is 5.32 Å². The Kier molecular flexibility index (Phi) is 5.04. The summed E-state index contributed by atoms with van der Waals surface area (Å²) in [6, 6.07) is 0. The Labute approximate surface area is 128 Å². The van der Waals surface area contributed by atoms with E-state index in [1.54, 1.807) is 6.33 Å². The Bertz CT molecular complexity index is 443. The summed E-state index contributed by atoms with van der Waals surface area (Å²) in [5.41, 5.74) is -0.178. The van der Waals surface area contributed by atoms with Crippen LogP contribution in [0.3, 0.4) is 0 Å². The highest BCUT2D eigenvalue weighted by atomic mass is 16.3. The van der Waals surface area contributed by atoms with Crippen molar-refractivity contribution >= 4 is 0 Å². The monoisotopic (exact) mass is 294 g/mol. The molecular formula is C16H30N4O. The molecule has 2 rings (SSSR count). The van der Waals surface area contributed by atoms with Gasteiger partial charge in [0.2, 0.25) is 0 Å². The lowest BCUT2D eigenvalue weighted by Crippen LogP contribution is -2.45. The van der Waals surface area contributed by atoms with Gasteiger partial charge in [0, 0.05) is 13.1 Å². The van der Waals surface area contributed by atoms with Crippen molar-refractivity contribution in [3.63, 3.8) is 0 Å². The molecule has 1 fully saturated rings. The molecule has 0 spiro atoms. The maximum absolute atomic E-state index is 10.6. The fourth-order valence-electron chi connectivity index (χ4n) is 2.90. The Hall–Kier alpha value is -0.940. The van der Waals surface area contributed by atoms with Gasteiger partial charge in [-0.05, 0) is 37.0 Å². The van der Waals surface area contributed by atoms with Gasteiger partial charge in [-0.25, -0.2) is 9.67 Å². The number of aliphatic hydroxyl groups is 1. The van der Waals surface area contributed by atoms with E-state index < -0.39 is 5.60 Å². The van der Waals surface area contributed by atoms with Gasteiger partial charge >= 0.3 is 0 Å². The van der Waals surface area contributed by atoms with Gasteiger partial charge < -0.3 is 10.4 Å². The highest BCUT2D eigenvalue weighted by molar-refractivity contribution is 4.92. The lowest BCUT2D eigenvalue weighted by atomic mass is 9.71. The van der Waals surface area contributed by atoms with Crippen molar-refractivity contribution in [2.75, 3.05) is 6.54 Å². The van der Waals surface area contributed by atoms with E-state index in [0.29, 0.717) is 24.4 Å². The molecular weight excluding hydrogens is 264 g/mol. The molecule has 1 aromatic heterocycles. The molecule has 1 aliphatic carbocycles. The summed E-state index contributed by atoms with van der Waals surface area (Å²) in [6.07, 6.45) is 5.55. The number of hydrogen-bond donors (Lipinski definition) is 2. The van der Waals surface area contributed by atoms with Gasteiger partial charge in [0.05, 0.1) is 12.1 Å². The quantitative estimate of drug-likeness (QED) is 0.845. The van der Waals surface area contributed by atoms with Crippen LogP contribution in [-0.2, 0) is 13.1 Å². The zero-order valence-electron chi connectivity index (χ0n) is 13.9. The summed E-state index contributed by atoms with van der Waals surface area (Å²) in [5, 5.41) is 18.3. The van der Waals surface area contributed by atoms with Gasteiger partial charge in [0.25, 0.3) is 0 Å². The minimum Gasteiger partial charge on any atom is -0.389 e. The maximum atomic E-state index is 10.6. The van der Waals surface area contributed by atoms with Gasteiger partial charge in [0.1, 0.15) is 12.2 Å². The van der Waals surface area contributed by atoms with Crippen LogP contribution in [0.4, 0.5) is 0 Å². The molecule has 0 atom stereocenters. The molecule has 1 aliphatic rings. The Morgan fingerprint density at radius 1 is 1.29 bits per heavy atom. The molecule has 5 nitrogen and oxygen atoms in total. The molecule has 0 aromatic carbocycles. The predicted molar refractivity (Wildman–Crippen MR) is 83.8 cm³/mol. The smallest absolute Gasteiger partial charge is 0.140 e. The van der Waals surface area contributed by atoms with E-state index in [-0.39, 0.29) is 0 Å². The second kappa shape index (κ2) is 6.44. The van der Waals surface area contributed by atoms with Crippen molar-refractivity contribution in [1.82, 2.24) is 20.1 Å². The van der Waals surface area contributed by atoms with Gasteiger partial charge in [-0.2, -0.15) is 5.10 Å². The van der Waals surface area contributed by atoms with Gasteiger partial charge in [0.15, 0.2) is 0 Å². The van der Waals surface area contributed by atoms with Gasteiger partial charge in [-0.1, -0.05) is 27.7 Å². The van der Waals surface area contributed by atoms with E-state index in [9.17, 15) is 5.11 Å². The molecule has 5 heteroatoms. The van der Waals surface area contributed by atoms with Gasteiger partial charge in [-0.3, -0.25) is 0 Å². The largest absolute Gasteiger partial charge is 0.389 e. The van der Waals surface area contributed by atoms with Crippen molar-refractivity contribution in [2.24, 2.45) is 11.3 Å². The average Bonchev–Trinajstić information content (AvgIpc) is 2.81. The van der Waals surface area contributed by atoms with Crippen LogP contribution in [-0.4, -0.2) is 32.0 Å². The highest BCUT2D eigenvalue weighted by Gasteiger charge is 2.36. The number of aromatic nitrogens is 3. The van der Waals surface area contributed by atoms with Crippen LogP contribution in [0.2, 0.25) is 0 Å². The minimum atomic E-state index is -0.557. The third kappa shape index (κ3) is 4.78. The molecule has 0 amide bonds. The predicted octanol–water partition coefficient (Wildman–Crippen LogP) is 2.35. The second-order valence-electron chi connectivity index (χ2n) is 7.74. The lowest BCUT2D eigenvalue weighted by Gasteiger charge is -2.40. The fourth-order valence-corrected chi connectivity index (χ4v) is 2.90. The van der Waals surface area contributed by atoms with Crippen LogP contribution in [0.1, 0.15) is 59.2 Å². The Morgan fingerprint density at radius 3 is 2.57 bits per heavy atom. The molecule has 120 valence electrons. The first-order valence-electron chi connectivity index (χ1n) is 8.09. The first kappa shape index (κ1) is 16.4. The molecule has 1 heterocycles. The first-order valence-corrected chi connectivity index (χ1v) is 8.09. The third-order valence-electron chi connectivity index (χ3n) is 4.51. The van der Waals surface area contributed by atoms with E-state index in [1.165, 1.54) is 0 Å². The summed E-state index contributed by atoms with van der Waals surface area (Å²) < 4.78 is 1.95. The van der Waals surface area contributed by atoms with E-state index >= 15 is 0 Å². The number of nitrogens with one attached hydrogen (secondary N) is 1.